The van der Waals surface area contributed by atoms with Crippen LogP contribution in [-0.2, 0) is 16.4 Å². The molecule has 122 valence electrons. The second-order valence-corrected chi connectivity index (χ2v) is 9.43. The van der Waals surface area contributed by atoms with Gasteiger partial charge in [-0.25, -0.2) is 13.1 Å². The first kappa shape index (κ1) is 19.0. The Kier molecular flexibility index (Phi) is 7.70. The third kappa shape index (κ3) is 5.25. The zero-order valence-corrected chi connectivity index (χ0v) is 15.7. The Bertz CT molecular complexity index is 514. The van der Waals surface area contributed by atoms with Crippen LogP contribution < -0.4 is 10.0 Å². The molecule has 0 aromatic carbocycles. The second-order valence-electron chi connectivity index (χ2n) is 4.99. The molecular formula is C14H26N2O2S3. The third-order valence-corrected chi connectivity index (χ3v) is 8.46. The van der Waals surface area contributed by atoms with E-state index in [1.54, 1.807) is 17.8 Å². The number of likely N-dealkylation sites (N-methyl/N-ethyl adjacent to an activating group) is 1. The van der Waals surface area contributed by atoms with Crippen molar-refractivity contribution in [2.45, 2.75) is 42.1 Å². The highest BCUT2D eigenvalue weighted by atomic mass is 32.2. The minimum absolute atomic E-state index is 0.0146. The fourth-order valence-corrected chi connectivity index (χ4v) is 5.46. The number of thioether (sulfide) groups is 1. The van der Waals surface area contributed by atoms with Crippen molar-refractivity contribution >= 4 is 33.1 Å². The van der Waals surface area contributed by atoms with Crippen molar-refractivity contribution in [1.29, 1.82) is 0 Å². The molecule has 0 saturated heterocycles. The van der Waals surface area contributed by atoms with Gasteiger partial charge in [0.1, 0.15) is 4.21 Å². The van der Waals surface area contributed by atoms with Gasteiger partial charge in [-0.1, -0.05) is 13.8 Å². The molecule has 0 amide bonds. The smallest absolute Gasteiger partial charge is 0.250 e. The van der Waals surface area contributed by atoms with Gasteiger partial charge in [-0.15, -0.1) is 11.3 Å². The van der Waals surface area contributed by atoms with Gasteiger partial charge >= 0.3 is 0 Å². The van der Waals surface area contributed by atoms with Crippen LogP contribution in [0.15, 0.2) is 16.3 Å². The lowest BCUT2D eigenvalue weighted by atomic mass is 10.0. The second kappa shape index (κ2) is 8.53. The average molecular weight is 351 g/mol. The van der Waals surface area contributed by atoms with Crippen LogP contribution >= 0.6 is 23.1 Å². The summed E-state index contributed by atoms with van der Waals surface area (Å²) in [5.74, 6) is 0. The van der Waals surface area contributed by atoms with Gasteiger partial charge in [-0.05, 0) is 51.2 Å². The van der Waals surface area contributed by atoms with Crippen molar-refractivity contribution in [1.82, 2.24) is 10.0 Å². The van der Waals surface area contributed by atoms with E-state index in [1.807, 2.05) is 19.4 Å². The maximum Gasteiger partial charge on any atom is 0.250 e. The van der Waals surface area contributed by atoms with Gasteiger partial charge in [-0.3, -0.25) is 0 Å². The van der Waals surface area contributed by atoms with Crippen molar-refractivity contribution < 1.29 is 8.42 Å². The number of sulfonamides is 1. The maximum atomic E-state index is 12.4. The van der Waals surface area contributed by atoms with Gasteiger partial charge in [0, 0.05) is 16.2 Å². The minimum Gasteiger partial charge on any atom is -0.319 e. The van der Waals surface area contributed by atoms with Gasteiger partial charge in [0.25, 0.3) is 0 Å². The Hall–Kier alpha value is -0.0800. The molecular weight excluding hydrogens is 324 g/mol. The SMILES string of the molecule is CCC(CC)(CNS(=O)(=O)c1ccc(CCNC)s1)SC. The summed E-state index contributed by atoms with van der Waals surface area (Å²) < 4.78 is 28.0. The lowest BCUT2D eigenvalue weighted by molar-refractivity contribution is 0.523. The van der Waals surface area contributed by atoms with Gasteiger partial charge < -0.3 is 5.32 Å². The van der Waals surface area contributed by atoms with Crippen LogP contribution in [0.2, 0.25) is 0 Å². The first-order valence-electron chi connectivity index (χ1n) is 7.21. The molecule has 1 aromatic rings. The Morgan fingerprint density at radius 2 is 1.95 bits per heavy atom. The third-order valence-electron chi connectivity index (χ3n) is 3.83. The van der Waals surface area contributed by atoms with E-state index in [0.717, 1.165) is 30.7 Å². The van der Waals surface area contributed by atoms with Crippen LogP contribution in [0.3, 0.4) is 0 Å². The molecule has 0 aliphatic heterocycles. The Labute approximate surface area is 137 Å². The largest absolute Gasteiger partial charge is 0.319 e. The zero-order valence-electron chi connectivity index (χ0n) is 13.2. The number of hydrogen-bond donors (Lipinski definition) is 2. The van der Waals surface area contributed by atoms with Crippen molar-refractivity contribution in [3.63, 3.8) is 0 Å². The fraction of sp³-hybridized carbons (Fsp3) is 0.714. The molecule has 0 saturated carbocycles. The van der Waals surface area contributed by atoms with Crippen LogP contribution in [-0.4, -0.2) is 39.6 Å². The summed E-state index contributed by atoms with van der Waals surface area (Å²) in [6, 6.07) is 3.61. The number of thiophene rings is 1. The lowest BCUT2D eigenvalue weighted by Crippen LogP contribution is -2.39. The number of rotatable bonds is 10. The highest BCUT2D eigenvalue weighted by Gasteiger charge is 2.28. The highest BCUT2D eigenvalue weighted by Crippen LogP contribution is 2.30. The summed E-state index contributed by atoms with van der Waals surface area (Å²) in [6.45, 7) is 5.55. The molecule has 1 heterocycles. The quantitative estimate of drug-likeness (QED) is 0.681. The molecule has 2 N–H and O–H groups in total. The molecule has 0 spiro atoms. The summed E-state index contributed by atoms with van der Waals surface area (Å²) >= 11 is 3.09. The summed E-state index contributed by atoms with van der Waals surface area (Å²) in [5, 5.41) is 3.07. The normalized spacial score (nSPS) is 12.8. The molecule has 0 bridgehead atoms. The molecule has 0 aliphatic carbocycles. The van der Waals surface area contributed by atoms with Gasteiger partial charge in [0.15, 0.2) is 0 Å². The highest BCUT2D eigenvalue weighted by molar-refractivity contribution is 8.00. The van der Waals surface area contributed by atoms with E-state index in [4.69, 9.17) is 0 Å². The predicted octanol–water partition coefficient (Wildman–Crippen LogP) is 2.71. The lowest BCUT2D eigenvalue weighted by Gasteiger charge is -2.29. The van der Waals surface area contributed by atoms with Crippen molar-refractivity contribution in [3.8, 4) is 0 Å². The van der Waals surface area contributed by atoms with Crippen LogP contribution in [0.1, 0.15) is 31.6 Å². The molecule has 4 nitrogen and oxygen atoms in total. The van der Waals surface area contributed by atoms with E-state index >= 15 is 0 Å². The Morgan fingerprint density at radius 3 is 2.48 bits per heavy atom. The van der Waals surface area contributed by atoms with E-state index in [0.29, 0.717) is 10.8 Å². The van der Waals surface area contributed by atoms with E-state index in [-0.39, 0.29) is 4.75 Å². The molecule has 1 rings (SSSR count). The van der Waals surface area contributed by atoms with E-state index in [1.165, 1.54) is 11.3 Å². The topological polar surface area (TPSA) is 58.2 Å². The zero-order chi connectivity index (χ0) is 15.9. The summed E-state index contributed by atoms with van der Waals surface area (Å²) in [7, 11) is -1.50. The van der Waals surface area contributed by atoms with Gasteiger partial charge in [0.2, 0.25) is 10.0 Å². The molecule has 0 aliphatic rings. The number of nitrogens with one attached hydrogen (secondary N) is 2. The van der Waals surface area contributed by atoms with E-state index in [9.17, 15) is 8.42 Å². The first-order chi connectivity index (χ1) is 9.93. The minimum atomic E-state index is -3.39. The van der Waals surface area contributed by atoms with Crippen molar-refractivity contribution in [3.05, 3.63) is 17.0 Å². The Balaban J connectivity index is 2.75. The molecule has 0 atom stereocenters. The van der Waals surface area contributed by atoms with Crippen LogP contribution in [0.25, 0.3) is 0 Å². The van der Waals surface area contributed by atoms with Crippen LogP contribution in [0.5, 0.6) is 0 Å². The first-order valence-corrected chi connectivity index (χ1v) is 10.7. The summed E-state index contributed by atoms with van der Waals surface area (Å²) in [4.78, 5) is 1.09. The molecule has 0 radical (unpaired) electrons. The van der Waals surface area contributed by atoms with E-state index in [2.05, 4.69) is 23.9 Å². The van der Waals surface area contributed by atoms with Crippen LogP contribution in [0, 0.1) is 0 Å². The molecule has 0 unspecified atom stereocenters. The molecule has 0 fully saturated rings. The summed E-state index contributed by atoms with van der Waals surface area (Å²) in [5.41, 5.74) is 0. The summed E-state index contributed by atoms with van der Waals surface area (Å²) in [6.07, 6.45) is 4.80. The monoisotopic (exact) mass is 350 g/mol. The fourth-order valence-electron chi connectivity index (χ4n) is 2.04. The molecule has 21 heavy (non-hydrogen) atoms. The maximum absolute atomic E-state index is 12.4. The predicted molar refractivity (Wildman–Crippen MR) is 94.0 cm³/mol. The van der Waals surface area contributed by atoms with Crippen LogP contribution in [0.4, 0.5) is 0 Å². The standard InChI is InChI=1S/C14H26N2O2S3/c1-5-14(6-2,19-4)11-16-21(17,18)13-8-7-12(20-13)9-10-15-3/h7-8,15-16H,5-6,9-11H2,1-4H3. The Morgan fingerprint density at radius 1 is 1.29 bits per heavy atom. The number of hydrogen-bond acceptors (Lipinski definition) is 5. The molecule has 1 aromatic heterocycles. The van der Waals surface area contributed by atoms with Gasteiger partial charge in [-0.2, -0.15) is 11.8 Å². The molecule has 7 heteroatoms. The van der Waals surface area contributed by atoms with Crippen molar-refractivity contribution in [2.75, 3.05) is 26.4 Å². The van der Waals surface area contributed by atoms with Crippen molar-refractivity contribution in [2.24, 2.45) is 0 Å². The van der Waals surface area contributed by atoms with Gasteiger partial charge in [0.05, 0.1) is 0 Å². The average Bonchev–Trinajstić information content (AvgIpc) is 2.97. The van der Waals surface area contributed by atoms with E-state index < -0.39 is 10.0 Å².